The Morgan fingerprint density at radius 3 is 2.77 bits per heavy atom. The summed E-state index contributed by atoms with van der Waals surface area (Å²) in [6, 6.07) is 13.0. The van der Waals surface area contributed by atoms with E-state index < -0.39 is 6.10 Å². The van der Waals surface area contributed by atoms with Crippen molar-refractivity contribution in [2.24, 2.45) is 5.92 Å². The van der Waals surface area contributed by atoms with Crippen molar-refractivity contribution in [2.45, 2.75) is 31.5 Å². The van der Waals surface area contributed by atoms with Crippen LogP contribution in [0.2, 0.25) is 0 Å². The molecule has 0 spiro atoms. The Hall–Kier alpha value is -2.86. The summed E-state index contributed by atoms with van der Waals surface area (Å²) in [7, 11) is 0. The molecule has 0 aliphatic heterocycles. The number of nitrogens with zero attached hydrogens (tertiary/aromatic N) is 3. The first-order valence-corrected chi connectivity index (χ1v) is 8.89. The highest BCUT2D eigenvalue weighted by Crippen LogP contribution is 2.27. The van der Waals surface area contributed by atoms with Gasteiger partial charge in [0, 0.05) is 42.6 Å². The summed E-state index contributed by atoms with van der Waals surface area (Å²) in [5, 5.41) is 17.6. The third-order valence-corrected chi connectivity index (χ3v) is 4.96. The summed E-state index contributed by atoms with van der Waals surface area (Å²) in [6.45, 7) is 0.763. The normalized spacial score (nSPS) is 22.4. The van der Waals surface area contributed by atoms with Crippen LogP contribution in [-0.4, -0.2) is 37.5 Å². The van der Waals surface area contributed by atoms with Gasteiger partial charge in [0.25, 0.3) is 5.91 Å². The molecule has 2 N–H and O–H groups in total. The van der Waals surface area contributed by atoms with Crippen LogP contribution < -0.4 is 5.32 Å². The predicted molar refractivity (Wildman–Crippen MR) is 98.0 cm³/mol. The molecule has 1 aromatic carbocycles. The smallest absolute Gasteiger partial charge is 0.251 e. The highest BCUT2D eigenvalue weighted by molar-refractivity contribution is 5.95. The number of carbonyl (C=O) groups is 1. The Morgan fingerprint density at radius 1 is 1.15 bits per heavy atom. The number of hydrogen-bond donors (Lipinski definition) is 2. The van der Waals surface area contributed by atoms with Crippen molar-refractivity contribution in [3.05, 3.63) is 72.8 Å². The van der Waals surface area contributed by atoms with Crippen LogP contribution in [-0.2, 0) is 6.54 Å². The summed E-state index contributed by atoms with van der Waals surface area (Å²) in [5.41, 5.74) is 1.53. The van der Waals surface area contributed by atoms with Crippen LogP contribution in [0, 0.1) is 5.92 Å². The minimum absolute atomic E-state index is 0.150. The van der Waals surface area contributed by atoms with Gasteiger partial charge in [-0.25, -0.2) is 0 Å². The molecule has 4 rings (SSSR count). The standard InChI is InChI=1S/C20H22N4O2/c25-19-12-15(14-24-10-4-7-21-24)11-18(19)22-20(26)16-5-3-6-17(13-16)23-8-1-2-9-23/h1-10,13,15,18-19,25H,11-12,14H2,(H,22,26)/t15?,18-,19-/m1/s1. The van der Waals surface area contributed by atoms with Crippen LogP contribution in [0.5, 0.6) is 0 Å². The number of nitrogens with one attached hydrogen (secondary N) is 1. The van der Waals surface area contributed by atoms with Crippen molar-refractivity contribution < 1.29 is 9.90 Å². The second kappa shape index (κ2) is 7.17. The summed E-state index contributed by atoms with van der Waals surface area (Å²) in [4.78, 5) is 12.6. The lowest BCUT2D eigenvalue weighted by Crippen LogP contribution is -2.39. The highest BCUT2D eigenvalue weighted by atomic mass is 16.3. The number of rotatable bonds is 5. The van der Waals surface area contributed by atoms with Gasteiger partial charge in [-0.1, -0.05) is 6.07 Å². The SMILES string of the molecule is O=C(N[C@@H]1CC(Cn2cccn2)C[C@H]1O)c1cccc(-n2cccc2)c1. The maximum Gasteiger partial charge on any atom is 0.251 e. The third kappa shape index (κ3) is 3.55. The van der Waals surface area contributed by atoms with Gasteiger partial charge in [-0.15, -0.1) is 0 Å². The molecule has 3 aromatic rings. The molecule has 0 bridgehead atoms. The molecule has 1 amide bonds. The van der Waals surface area contributed by atoms with E-state index >= 15 is 0 Å². The quantitative estimate of drug-likeness (QED) is 0.741. The van der Waals surface area contributed by atoms with E-state index in [0.29, 0.717) is 17.9 Å². The van der Waals surface area contributed by atoms with Crippen LogP contribution in [0.1, 0.15) is 23.2 Å². The van der Waals surface area contributed by atoms with Crippen molar-refractivity contribution in [3.63, 3.8) is 0 Å². The molecule has 0 radical (unpaired) electrons. The van der Waals surface area contributed by atoms with Gasteiger partial charge >= 0.3 is 0 Å². The van der Waals surface area contributed by atoms with Crippen LogP contribution in [0.15, 0.2) is 67.3 Å². The number of amides is 1. The van der Waals surface area contributed by atoms with Crippen LogP contribution >= 0.6 is 0 Å². The van der Waals surface area contributed by atoms with Crippen LogP contribution in [0.4, 0.5) is 0 Å². The lowest BCUT2D eigenvalue weighted by molar-refractivity contribution is 0.0872. The summed E-state index contributed by atoms with van der Waals surface area (Å²) < 4.78 is 3.84. The van der Waals surface area contributed by atoms with Crippen molar-refractivity contribution in [3.8, 4) is 5.69 Å². The number of hydrogen-bond acceptors (Lipinski definition) is 3. The van der Waals surface area contributed by atoms with Gasteiger partial charge in [-0.05, 0) is 55.2 Å². The predicted octanol–water partition coefficient (Wildman–Crippen LogP) is 2.24. The topological polar surface area (TPSA) is 72.1 Å². The molecule has 1 aliphatic carbocycles. The number of aliphatic hydroxyl groups is 1. The van der Waals surface area contributed by atoms with E-state index in [1.807, 2.05) is 64.2 Å². The zero-order valence-corrected chi connectivity index (χ0v) is 14.4. The van der Waals surface area contributed by atoms with E-state index in [2.05, 4.69) is 10.4 Å². The third-order valence-electron chi connectivity index (χ3n) is 4.96. The van der Waals surface area contributed by atoms with Gasteiger partial charge in [0.15, 0.2) is 0 Å². The van der Waals surface area contributed by atoms with Gasteiger partial charge in [-0.3, -0.25) is 9.48 Å². The number of aliphatic hydroxyl groups excluding tert-OH is 1. The minimum atomic E-state index is -0.521. The molecule has 26 heavy (non-hydrogen) atoms. The Bertz CT molecular complexity index is 858. The molecule has 1 fully saturated rings. The number of aromatic nitrogens is 3. The number of carbonyl (C=O) groups excluding carboxylic acids is 1. The van der Waals surface area contributed by atoms with E-state index in [1.54, 1.807) is 12.3 Å². The van der Waals surface area contributed by atoms with E-state index in [-0.39, 0.29) is 11.9 Å². The fourth-order valence-electron chi connectivity index (χ4n) is 3.66. The first kappa shape index (κ1) is 16.6. The van der Waals surface area contributed by atoms with Crippen molar-refractivity contribution in [2.75, 3.05) is 0 Å². The van der Waals surface area contributed by atoms with Gasteiger partial charge < -0.3 is 15.0 Å². The summed E-state index contributed by atoms with van der Waals surface area (Å²) >= 11 is 0. The Labute approximate surface area is 152 Å². The molecule has 6 nitrogen and oxygen atoms in total. The van der Waals surface area contributed by atoms with Gasteiger partial charge in [0.2, 0.25) is 0 Å². The van der Waals surface area contributed by atoms with Crippen molar-refractivity contribution >= 4 is 5.91 Å². The molecule has 1 unspecified atom stereocenters. The van der Waals surface area contributed by atoms with E-state index in [0.717, 1.165) is 18.7 Å². The van der Waals surface area contributed by atoms with Gasteiger partial charge in [-0.2, -0.15) is 5.10 Å². The maximum atomic E-state index is 12.6. The first-order chi connectivity index (χ1) is 12.7. The summed E-state index contributed by atoms with van der Waals surface area (Å²) in [6.07, 6.45) is 8.47. The lowest BCUT2D eigenvalue weighted by atomic mass is 10.1. The van der Waals surface area contributed by atoms with Crippen LogP contribution in [0.25, 0.3) is 5.69 Å². The molecule has 6 heteroatoms. The van der Waals surface area contributed by atoms with Gasteiger partial charge in [0.05, 0.1) is 12.1 Å². The molecule has 3 atom stereocenters. The molecular weight excluding hydrogens is 328 g/mol. The average molecular weight is 350 g/mol. The van der Waals surface area contributed by atoms with Gasteiger partial charge in [0.1, 0.15) is 0 Å². The zero-order valence-electron chi connectivity index (χ0n) is 14.4. The molecule has 1 aliphatic rings. The highest BCUT2D eigenvalue weighted by Gasteiger charge is 2.34. The molecule has 2 heterocycles. The summed E-state index contributed by atoms with van der Waals surface area (Å²) in [5.74, 6) is 0.157. The fourth-order valence-corrected chi connectivity index (χ4v) is 3.66. The largest absolute Gasteiger partial charge is 0.391 e. The maximum absolute atomic E-state index is 12.6. The number of benzene rings is 1. The molecular formula is C20H22N4O2. The monoisotopic (exact) mass is 350 g/mol. The van der Waals surface area contributed by atoms with Crippen LogP contribution in [0.3, 0.4) is 0 Å². The van der Waals surface area contributed by atoms with E-state index in [4.69, 9.17) is 0 Å². The lowest BCUT2D eigenvalue weighted by Gasteiger charge is -2.17. The molecule has 1 saturated carbocycles. The van der Waals surface area contributed by atoms with Crippen molar-refractivity contribution in [1.82, 2.24) is 19.7 Å². The second-order valence-corrected chi connectivity index (χ2v) is 6.85. The fraction of sp³-hybridized carbons (Fsp3) is 0.300. The first-order valence-electron chi connectivity index (χ1n) is 8.89. The Balaban J connectivity index is 1.41. The molecule has 0 saturated heterocycles. The molecule has 134 valence electrons. The molecule has 2 aromatic heterocycles. The Morgan fingerprint density at radius 2 is 2.00 bits per heavy atom. The minimum Gasteiger partial charge on any atom is -0.391 e. The van der Waals surface area contributed by atoms with E-state index in [1.165, 1.54) is 0 Å². The second-order valence-electron chi connectivity index (χ2n) is 6.85. The zero-order chi connectivity index (χ0) is 17.9. The Kier molecular flexibility index (Phi) is 4.58. The van der Waals surface area contributed by atoms with E-state index in [9.17, 15) is 9.90 Å². The van der Waals surface area contributed by atoms with Crippen molar-refractivity contribution in [1.29, 1.82) is 0 Å². The average Bonchev–Trinajstić information content (AvgIpc) is 3.39.